The van der Waals surface area contributed by atoms with Crippen molar-refractivity contribution < 1.29 is 9.59 Å². The number of nitrogens with one attached hydrogen (secondary N) is 1. The van der Waals surface area contributed by atoms with Crippen LogP contribution < -0.4 is 10.2 Å². The first kappa shape index (κ1) is 20.3. The Kier molecular flexibility index (Phi) is 6.57. The summed E-state index contributed by atoms with van der Waals surface area (Å²) in [5.74, 6) is 0.622. The van der Waals surface area contributed by atoms with E-state index in [0.29, 0.717) is 19.6 Å². The number of likely N-dealkylation sites (tertiary alicyclic amines) is 1. The van der Waals surface area contributed by atoms with Crippen molar-refractivity contribution in [2.75, 3.05) is 24.5 Å². The molecule has 30 heavy (non-hydrogen) atoms. The van der Waals surface area contributed by atoms with Crippen LogP contribution in [0.4, 0.5) is 5.82 Å². The monoisotopic (exact) mass is 407 g/mol. The molecule has 7 nitrogen and oxygen atoms in total. The molecule has 2 aromatic heterocycles. The minimum absolute atomic E-state index is 0.00396. The fraction of sp³-hybridized carbons (Fsp3) is 0.478. The van der Waals surface area contributed by atoms with Crippen LogP contribution >= 0.6 is 0 Å². The number of hydrogen-bond acceptors (Lipinski definition) is 5. The molecule has 2 fully saturated rings. The van der Waals surface area contributed by atoms with Gasteiger partial charge in [0, 0.05) is 45.0 Å². The summed E-state index contributed by atoms with van der Waals surface area (Å²) in [4.78, 5) is 37.8. The molecule has 2 aliphatic rings. The molecule has 7 heteroatoms. The highest BCUT2D eigenvalue weighted by atomic mass is 16.2. The van der Waals surface area contributed by atoms with Gasteiger partial charge in [-0.25, -0.2) is 4.98 Å². The third-order valence-electron chi connectivity index (χ3n) is 5.87. The van der Waals surface area contributed by atoms with Crippen molar-refractivity contribution in [1.29, 1.82) is 0 Å². The van der Waals surface area contributed by atoms with Crippen LogP contribution in [-0.4, -0.2) is 46.3 Å². The molecule has 4 rings (SSSR count). The van der Waals surface area contributed by atoms with Gasteiger partial charge in [0.05, 0.1) is 18.2 Å². The Bertz CT molecular complexity index is 848. The van der Waals surface area contributed by atoms with Crippen LogP contribution in [0.5, 0.6) is 0 Å². The van der Waals surface area contributed by atoms with Crippen LogP contribution in [0.2, 0.25) is 0 Å². The van der Waals surface area contributed by atoms with Crippen LogP contribution in [0.15, 0.2) is 42.7 Å². The second-order valence-electron chi connectivity index (χ2n) is 8.14. The van der Waals surface area contributed by atoms with Gasteiger partial charge in [-0.15, -0.1) is 0 Å². The van der Waals surface area contributed by atoms with E-state index < -0.39 is 0 Å². The lowest BCUT2D eigenvalue weighted by Gasteiger charge is -2.21. The maximum absolute atomic E-state index is 12.6. The second-order valence-corrected chi connectivity index (χ2v) is 8.14. The Morgan fingerprint density at radius 1 is 1.07 bits per heavy atom. The fourth-order valence-corrected chi connectivity index (χ4v) is 4.13. The Hall–Kier alpha value is -2.96. The maximum atomic E-state index is 12.6. The van der Waals surface area contributed by atoms with Crippen LogP contribution in [0.3, 0.4) is 0 Å². The number of nitrogens with zero attached hydrogens (tertiary/aromatic N) is 4. The second kappa shape index (κ2) is 9.69. The summed E-state index contributed by atoms with van der Waals surface area (Å²) in [6.45, 7) is 3.44. The lowest BCUT2D eigenvalue weighted by molar-refractivity contribution is -0.129. The molecule has 158 valence electrons. The zero-order chi connectivity index (χ0) is 20.8. The summed E-state index contributed by atoms with van der Waals surface area (Å²) in [5.41, 5.74) is 1.80. The zero-order valence-corrected chi connectivity index (χ0v) is 17.3. The van der Waals surface area contributed by atoms with E-state index in [9.17, 15) is 9.59 Å². The molecule has 0 bridgehead atoms. The predicted octanol–water partition coefficient (Wildman–Crippen LogP) is 2.52. The van der Waals surface area contributed by atoms with Crippen molar-refractivity contribution in [2.24, 2.45) is 5.92 Å². The molecule has 2 aliphatic heterocycles. The average Bonchev–Trinajstić information content (AvgIpc) is 2.97. The van der Waals surface area contributed by atoms with Crippen molar-refractivity contribution in [3.05, 3.63) is 54.0 Å². The quantitative estimate of drug-likeness (QED) is 0.796. The van der Waals surface area contributed by atoms with E-state index >= 15 is 0 Å². The third kappa shape index (κ3) is 5.14. The topological polar surface area (TPSA) is 78.4 Å². The average molecular weight is 408 g/mol. The molecule has 2 saturated heterocycles. The summed E-state index contributed by atoms with van der Waals surface area (Å²) in [7, 11) is 0. The van der Waals surface area contributed by atoms with Gasteiger partial charge in [-0.2, -0.15) is 0 Å². The SMILES string of the molecule is O=C(NCc1ccc(N2CCCCCC2)nc1)C1CC(=O)N(Cc2ccccn2)C1. The summed E-state index contributed by atoms with van der Waals surface area (Å²) < 4.78 is 0. The molecule has 1 N–H and O–H groups in total. The highest BCUT2D eigenvalue weighted by Crippen LogP contribution is 2.20. The number of carbonyl (C=O) groups excluding carboxylic acids is 2. The summed E-state index contributed by atoms with van der Waals surface area (Å²) in [5, 5.41) is 2.97. The van der Waals surface area contributed by atoms with Crippen molar-refractivity contribution >= 4 is 17.6 Å². The van der Waals surface area contributed by atoms with Crippen LogP contribution in [0.1, 0.15) is 43.4 Å². The molecule has 1 atom stereocenters. The van der Waals surface area contributed by atoms with Crippen LogP contribution in [-0.2, 0) is 22.7 Å². The van der Waals surface area contributed by atoms with Gasteiger partial charge in [0.25, 0.3) is 0 Å². The van der Waals surface area contributed by atoms with Gasteiger partial charge in [-0.05, 0) is 36.6 Å². The number of aromatic nitrogens is 2. The highest BCUT2D eigenvalue weighted by molar-refractivity contribution is 5.89. The molecule has 2 amide bonds. The zero-order valence-electron chi connectivity index (χ0n) is 17.3. The van der Waals surface area contributed by atoms with Crippen LogP contribution in [0.25, 0.3) is 0 Å². The number of hydrogen-bond donors (Lipinski definition) is 1. The minimum atomic E-state index is -0.314. The van der Waals surface area contributed by atoms with Gasteiger partial charge in [0.1, 0.15) is 5.82 Å². The number of rotatable bonds is 6. The van der Waals surface area contributed by atoms with E-state index in [2.05, 4.69) is 20.2 Å². The van der Waals surface area contributed by atoms with Crippen molar-refractivity contribution in [3.8, 4) is 0 Å². The van der Waals surface area contributed by atoms with E-state index in [0.717, 1.165) is 30.2 Å². The smallest absolute Gasteiger partial charge is 0.225 e. The lowest BCUT2D eigenvalue weighted by Crippen LogP contribution is -2.32. The largest absolute Gasteiger partial charge is 0.357 e. The standard InChI is InChI=1S/C23H29N5O2/c29-22-13-19(16-28(22)17-20-7-3-4-10-24-20)23(30)26-15-18-8-9-21(25-14-18)27-11-5-1-2-6-12-27/h3-4,7-10,14,19H,1-2,5-6,11-13,15-17H2,(H,26,30). The van der Waals surface area contributed by atoms with Gasteiger partial charge in [0.15, 0.2) is 0 Å². The molecular formula is C23H29N5O2. The molecule has 0 aromatic carbocycles. The Labute approximate surface area is 177 Å². The molecule has 0 spiro atoms. The number of anilines is 1. The highest BCUT2D eigenvalue weighted by Gasteiger charge is 2.34. The lowest BCUT2D eigenvalue weighted by atomic mass is 10.1. The molecule has 4 heterocycles. The van der Waals surface area contributed by atoms with E-state index in [1.54, 1.807) is 11.1 Å². The fourth-order valence-electron chi connectivity index (χ4n) is 4.13. The molecule has 1 unspecified atom stereocenters. The molecule has 2 aromatic rings. The first-order chi connectivity index (χ1) is 14.7. The first-order valence-corrected chi connectivity index (χ1v) is 10.8. The van der Waals surface area contributed by atoms with Gasteiger partial charge < -0.3 is 15.1 Å². The Morgan fingerprint density at radius 3 is 2.60 bits per heavy atom. The Balaban J connectivity index is 1.26. The molecule has 0 saturated carbocycles. The molecule has 0 radical (unpaired) electrons. The minimum Gasteiger partial charge on any atom is -0.357 e. The van der Waals surface area contributed by atoms with Gasteiger partial charge in [-0.1, -0.05) is 25.0 Å². The molecule has 0 aliphatic carbocycles. The van der Waals surface area contributed by atoms with E-state index in [1.807, 2.05) is 36.5 Å². The summed E-state index contributed by atoms with van der Waals surface area (Å²) in [6.07, 6.45) is 8.84. The normalized spacial score (nSPS) is 19.6. The van der Waals surface area contributed by atoms with Gasteiger partial charge in [0.2, 0.25) is 11.8 Å². The van der Waals surface area contributed by atoms with Crippen molar-refractivity contribution in [1.82, 2.24) is 20.2 Å². The number of pyridine rings is 2. The van der Waals surface area contributed by atoms with Crippen molar-refractivity contribution in [3.63, 3.8) is 0 Å². The first-order valence-electron chi connectivity index (χ1n) is 10.8. The van der Waals surface area contributed by atoms with E-state index in [4.69, 9.17) is 0 Å². The number of carbonyl (C=O) groups is 2. The third-order valence-corrected chi connectivity index (χ3v) is 5.87. The predicted molar refractivity (Wildman–Crippen MR) is 115 cm³/mol. The van der Waals surface area contributed by atoms with Crippen molar-refractivity contribution in [2.45, 2.75) is 45.2 Å². The van der Waals surface area contributed by atoms with Crippen LogP contribution in [0, 0.1) is 5.92 Å². The summed E-state index contributed by atoms with van der Waals surface area (Å²) in [6, 6.07) is 9.71. The summed E-state index contributed by atoms with van der Waals surface area (Å²) >= 11 is 0. The van der Waals surface area contributed by atoms with Gasteiger partial charge >= 0.3 is 0 Å². The number of amides is 2. The van der Waals surface area contributed by atoms with Gasteiger partial charge in [-0.3, -0.25) is 14.6 Å². The Morgan fingerprint density at radius 2 is 1.90 bits per heavy atom. The maximum Gasteiger partial charge on any atom is 0.225 e. The van der Waals surface area contributed by atoms with E-state index in [1.165, 1.54) is 25.7 Å². The molecular weight excluding hydrogens is 378 g/mol. The van der Waals surface area contributed by atoms with E-state index in [-0.39, 0.29) is 24.2 Å².